The van der Waals surface area contributed by atoms with Gasteiger partial charge < -0.3 is 9.84 Å². The molecule has 0 bridgehead atoms. The zero-order valence-electron chi connectivity index (χ0n) is 14.0. The molecule has 0 fully saturated rings. The van der Waals surface area contributed by atoms with Crippen molar-refractivity contribution in [2.24, 2.45) is 0 Å². The molecular weight excluding hydrogens is 330 g/mol. The molecule has 0 unspecified atom stereocenters. The maximum Gasteiger partial charge on any atom is 0.266 e. The van der Waals surface area contributed by atoms with E-state index in [1.54, 1.807) is 18.2 Å². The molecule has 0 aromatic heterocycles. The summed E-state index contributed by atoms with van der Waals surface area (Å²) in [6.07, 6.45) is 0. The molecule has 0 saturated heterocycles. The van der Waals surface area contributed by atoms with Crippen molar-refractivity contribution in [2.45, 2.75) is 6.92 Å². The maximum atomic E-state index is 12.7. The number of carbonyl (C=O) groups excluding carboxylic acids is 2. The van der Waals surface area contributed by atoms with Crippen LogP contribution in [0, 0.1) is 6.92 Å². The van der Waals surface area contributed by atoms with Crippen molar-refractivity contribution >= 4 is 17.5 Å². The van der Waals surface area contributed by atoms with Gasteiger partial charge in [-0.05, 0) is 61.5 Å². The summed E-state index contributed by atoms with van der Waals surface area (Å²) < 4.78 is 5.78. The number of nitrogens with zero attached hydrogens (tertiary/aromatic N) is 1. The molecule has 1 aliphatic rings. The minimum absolute atomic E-state index is 0.0687. The van der Waals surface area contributed by atoms with Gasteiger partial charge in [0.15, 0.2) is 0 Å². The molecule has 0 atom stereocenters. The average molecular weight is 345 g/mol. The number of hydrogen-bond acceptors (Lipinski definition) is 4. The zero-order valence-corrected chi connectivity index (χ0v) is 14.0. The van der Waals surface area contributed by atoms with Crippen molar-refractivity contribution in [3.63, 3.8) is 0 Å². The summed E-state index contributed by atoms with van der Waals surface area (Å²) in [7, 11) is 0. The van der Waals surface area contributed by atoms with Crippen LogP contribution in [0.2, 0.25) is 0 Å². The highest BCUT2D eigenvalue weighted by Gasteiger charge is 2.37. The smallest absolute Gasteiger partial charge is 0.266 e. The molecule has 1 N–H and O–H groups in total. The van der Waals surface area contributed by atoms with E-state index < -0.39 is 11.8 Å². The molecule has 5 nitrogen and oxygen atoms in total. The summed E-state index contributed by atoms with van der Waals surface area (Å²) in [6.45, 7) is 1.99. The Hall–Kier alpha value is -3.60. The van der Waals surface area contributed by atoms with Gasteiger partial charge in [0, 0.05) is 0 Å². The van der Waals surface area contributed by atoms with Crippen molar-refractivity contribution in [3.05, 3.63) is 83.4 Å². The van der Waals surface area contributed by atoms with Crippen molar-refractivity contribution in [3.8, 4) is 17.2 Å². The van der Waals surface area contributed by atoms with E-state index in [-0.39, 0.29) is 5.75 Å². The topological polar surface area (TPSA) is 66.8 Å². The number of ether oxygens (including phenoxy) is 1. The molecule has 0 saturated carbocycles. The van der Waals surface area contributed by atoms with Crippen LogP contribution in [0.4, 0.5) is 5.69 Å². The summed E-state index contributed by atoms with van der Waals surface area (Å²) in [4.78, 5) is 26.4. The number of hydrogen-bond donors (Lipinski definition) is 1. The molecule has 26 heavy (non-hydrogen) atoms. The number of benzene rings is 3. The zero-order chi connectivity index (χ0) is 18.3. The summed E-state index contributed by atoms with van der Waals surface area (Å²) in [5.41, 5.74) is 2.17. The van der Waals surface area contributed by atoms with Crippen molar-refractivity contribution in [1.82, 2.24) is 0 Å². The van der Waals surface area contributed by atoms with E-state index in [2.05, 4.69) is 0 Å². The van der Waals surface area contributed by atoms with Gasteiger partial charge in [-0.2, -0.15) is 0 Å². The molecule has 4 rings (SSSR count). The van der Waals surface area contributed by atoms with Crippen LogP contribution in [0.5, 0.6) is 17.2 Å². The second-order valence-corrected chi connectivity index (χ2v) is 6.08. The largest absolute Gasteiger partial charge is 0.508 e. The fourth-order valence-electron chi connectivity index (χ4n) is 2.86. The van der Waals surface area contributed by atoms with E-state index in [0.717, 1.165) is 10.5 Å². The number of aromatic hydroxyl groups is 1. The number of carbonyl (C=O) groups is 2. The Labute approximate surface area is 150 Å². The maximum absolute atomic E-state index is 12.7. The van der Waals surface area contributed by atoms with Gasteiger partial charge in [0.2, 0.25) is 0 Å². The third-order valence-electron chi connectivity index (χ3n) is 4.22. The Balaban J connectivity index is 1.65. The number of phenolic OH excluding ortho intramolecular Hbond substituents is 1. The predicted molar refractivity (Wildman–Crippen MR) is 96.9 cm³/mol. The van der Waals surface area contributed by atoms with Crippen LogP contribution in [-0.4, -0.2) is 16.9 Å². The number of fused-ring (bicyclic) bond motifs is 1. The van der Waals surface area contributed by atoms with Gasteiger partial charge in [0.25, 0.3) is 11.8 Å². The Bertz CT molecular complexity index is 1010. The number of anilines is 1. The van der Waals surface area contributed by atoms with E-state index in [1.807, 2.05) is 31.2 Å². The van der Waals surface area contributed by atoms with Crippen molar-refractivity contribution in [2.75, 3.05) is 4.90 Å². The fraction of sp³-hybridized carbons (Fsp3) is 0.0476. The molecule has 1 aliphatic heterocycles. The lowest BCUT2D eigenvalue weighted by atomic mass is 10.1. The van der Waals surface area contributed by atoms with Gasteiger partial charge in [-0.15, -0.1) is 0 Å². The lowest BCUT2D eigenvalue weighted by molar-refractivity contribution is 0.0926. The van der Waals surface area contributed by atoms with Crippen LogP contribution in [0.15, 0.2) is 66.7 Å². The minimum atomic E-state index is -0.412. The summed E-state index contributed by atoms with van der Waals surface area (Å²) in [5, 5.41) is 9.39. The number of phenols is 1. The molecule has 128 valence electrons. The Morgan fingerprint density at radius 3 is 2.08 bits per heavy atom. The van der Waals surface area contributed by atoms with Crippen molar-refractivity contribution in [1.29, 1.82) is 0 Å². The normalized spacial score (nSPS) is 13.0. The molecule has 0 radical (unpaired) electrons. The Morgan fingerprint density at radius 1 is 0.769 bits per heavy atom. The molecule has 2 amide bonds. The summed E-state index contributed by atoms with van der Waals surface area (Å²) in [6, 6.07) is 18.3. The van der Waals surface area contributed by atoms with E-state index in [9.17, 15) is 14.7 Å². The van der Waals surface area contributed by atoms with E-state index in [1.165, 1.54) is 24.3 Å². The lowest BCUT2D eigenvalue weighted by Crippen LogP contribution is -2.29. The van der Waals surface area contributed by atoms with Gasteiger partial charge in [0.05, 0.1) is 16.8 Å². The monoisotopic (exact) mass is 345 g/mol. The van der Waals surface area contributed by atoms with Gasteiger partial charge in [-0.3, -0.25) is 9.59 Å². The van der Waals surface area contributed by atoms with Crippen LogP contribution < -0.4 is 9.64 Å². The number of imide groups is 1. The van der Waals surface area contributed by atoms with E-state index in [0.29, 0.717) is 28.3 Å². The standard InChI is InChI=1S/C21H15NO4/c1-13-2-8-16(9-3-13)26-17-10-11-18-19(12-17)21(25)22(20(18)24)14-4-6-15(23)7-5-14/h2-12,23H,1H3. The second-order valence-electron chi connectivity index (χ2n) is 6.08. The number of amides is 2. The van der Waals surface area contributed by atoms with Gasteiger partial charge in [-0.25, -0.2) is 4.90 Å². The molecule has 3 aromatic carbocycles. The van der Waals surface area contributed by atoms with Gasteiger partial charge in [-0.1, -0.05) is 17.7 Å². The second kappa shape index (κ2) is 6.04. The van der Waals surface area contributed by atoms with Crippen LogP contribution >= 0.6 is 0 Å². The quantitative estimate of drug-likeness (QED) is 0.719. The highest BCUT2D eigenvalue weighted by molar-refractivity contribution is 6.34. The van der Waals surface area contributed by atoms with Gasteiger partial charge >= 0.3 is 0 Å². The molecule has 0 spiro atoms. The number of aryl methyl sites for hydroxylation is 1. The van der Waals surface area contributed by atoms with Crippen LogP contribution in [0.25, 0.3) is 0 Å². The molecule has 0 aliphatic carbocycles. The van der Waals surface area contributed by atoms with Crippen LogP contribution in [0.1, 0.15) is 26.3 Å². The van der Waals surface area contributed by atoms with Crippen LogP contribution in [0.3, 0.4) is 0 Å². The first-order chi connectivity index (χ1) is 12.5. The van der Waals surface area contributed by atoms with Crippen molar-refractivity contribution < 1.29 is 19.4 Å². The van der Waals surface area contributed by atoms with E-state index in [4.69, 9.17) is 4.74 Å². The molecule has 5 heteroatoms. The lowest BCUT2D eigenvalue weighted by Gasteiger charge is -2.13. The van der Waals surface area contributed by atoms with E-state index >= 15 is 0 Å². The number of rotatable bonds is 3. The molecule has 1 heterocycles. The molecular formula is C21H15NO4. The minimum Gasteiger partial charge on any atom is -0.508 e. The Morgan fingerprint density at radius 2 is 1.38 bits per heavy atom. The first-order valence-corrected chi connectivity index (χ1v) is 8.09. The third-order valence-corrected chi connectivity index (χ3v) is 4.22. The predicted octanol–water partition coefficient (Wildman–Crippen LogP) is 4.29. The average Bonchev–Trinajstić information content (AvgIpc) is 2.89. The molecule has 3 aromatic rings. The third kappa shape index (κ3) is 2.69. The first-order valence-electron chi connectivity index (χ1n) is 8.09. The SMILES string of the molecule is Cc1ccc(Oc2ccc3c(c2)C(=O)N(c2ccc(O)cc2)C3=O)cc1. The highest BCUT2D eigenvalue weighted by atomic mass is 16.5. The van der Waals surface area contributed by atoms with Gasteiger partial charge in [0.1, 0.15) is 17.2 Å². The van der Waals surface area contributed by atoms with Crippen LogP contribution in [-0.2, 0) is 0 Å². The summed E-state index contributed by atoms with van der Waals surface area (Å²) in [5.74, 6) is 0.408. The fourth-order valence-corrected chi connectivity index (χ4v) is 2.86. The highest BCUT2D eigenvalue weighted by Crippen LogP contribution is 2.32. The Kier molecular flexibility index (Phi) is 3.69. The first kappa shape index (κ1) is 15.9. The summed E-state index contributed by atoms with van der Waals surface area (Å²) >= 11 is 0.